The number of rotatable bonds is 6. The number of hydrogen-bond donors (Lipinski definition) is 1. The summed E-state index contributed by atoms with van der Waals surface area (Å²) in [5.41, 5.74) is 0.453. The molecular weight excluding hydrogens is 288 g/mol. The Morgan fingerprint density at radius 2 is 2.00 bits per heavy atom. The first kappa shape index (κ1) is 16.9. The molecule has 6 nitrogen and oxygen atoms in total. The van der Waals surface area contributed by atoms with E-state index in [1.165, 1.54) is 0 Å². The Hall–Kier alpha value is -1.47. The number of esters is 1. The van der Waals surface area contributed by atoms with E-state index in [1.807, 2.05) is 13.0 Å². The van der Waals surface area contributed by atoms with Crippen LogP contribution in [-0.4, -0.2) is 48.6 Å². The summed E-state index contributed by atoms with van der Waals surface area (Å²) in [5, 5.41) is 9.37. The van der Waals surface area contributed by atoms with Gasteiger partial charge in [-0.2, -0.15) is 0 Å². The second kappa shape index (κ2) is 7.19. The van der Waals surface area contributed by atoms with Crippen molar-refractivity contribution in [1.82, 2.24) is 0 Å². The molecular formula is C16H22O6. The molecule has 1 aromatic carbocycles. The highest BCUT2D eigenvalue weighted by Gasteiger charge is 2.40. The van der Waals surface area contributed by atoms with E-state index >= 15 is 0 Å². The molecule has 0 spiro atoms. The van der Waals surface area contributed by atoms with Crippen LogP contribution in [0.3, 0.4) is 0 Å². The molecule has 0 amide bonds. The Morgan fingerprint density at radius 3 is 2.55 bits per heavy atom. The largest absolute Gasteiger partial charge is 0.459 e. The summed E-state index contributed by atoms with van der Waals surface area (Å²) in [7, 11) is 0. The van der Waals surface area contributed by atoms with Gasteiger partial charge < -0.3 is 24.1 Å². The van der Waals surface area contributed by atoms with Crippen LogP contribution in [0.5, 0.6) is 0 Å². The number of aliphatic hydroxyl groups excluding tert-OH is 1. The quantitative estimate of drug-likeness (QED) is 0.807. The van der Waals surface area contributed by atoms with Gasteiger partial charge in [-0.15, -0.1) is 0 Å². The molecule has 1 heterocycles. The van der Waals surface area contributed by atoms with Crippen LogP contribution in [0, 0.1) is 0 Å². The van der Waals surface area contributed by atoms with Crippen molar-refractivity contribution in [2.75, 3.05) is 13.2 Å². The van der Waals surface area contributed by atoms with Crippen molar-refractivity contribution in [2.45, 2.75) is 45.1 Å². The molecule has 0 aliphatic carbocycles. The van der Waals surface area contributed by atoms with Crippen molar-refractivity contribution in [2.24, 2.45) is 0 Å². The SMILES string of the molecule is C[C@H]1OC(C)(C)O[C@H]1O[C@@H](CO)COC(=O)c1ccccc1. The van der Waals surface area contributed by atoms with E-state index in [9.17, 15) is 9.90 Å². The lowest BCUT2D eigenvalue weighted by atomic mass is 10.2. The Morgan fingerprint density at radius 1 is 1.32 bits per heavy atom. The molecule has 122 valence electrons. The van der Waals surface area contributed by atoms with E-state index in [1.54, 1.807) is 38.1 Å². The minimum Gasteiger partial charge on any atom is -0.459 e. The molecule has 1 fully saturated rings. The molecule has 22 heavy (non-hydrogen) atoms. The summed E-state index contributed by atoms with van der Waals surface area (Å²) >= 11 is 0. The smallest absolute Gasteiger partial charge is 0.338 e. The zero-order valence-corrected chi connectivity index (χ0v) is 13.0. The first-order valence-electron chi connectivity index (χ1n) is 7.25. The minimum atomic E-state index is -0.731. The van der Waals surface area contributed by atoms with Crippen LogP contribution in [0.2, 0.25) is 0 Å². The number of aliphatic hydroxyl groups is 1. The molecule has 1 saturated heterocycles. The highest BCUT2D eigenvalue weighted by atomic mass is 16.8. The minimum absolute atomic E-state index is 0.0583. The summed E-state index contributed by atoms with van der Waals surface area (Å²) in [6, 6.07) is 8.65. The van der Waals surface area contributed by atoms with E-state index in [4.69, 9.17) is 18.9 Å². The number of carbonyl (C=O) groups is 1. The van der Waals surface area contributed by atoms with Crippen molar-refractivity contribution in [3.63, 3.8) is 0 Å². The number of hydrogen-bond acceptors (Lipinski definition) is 6. The third-order valence-corrected chi connectivity index (χ3v) is 3.19. The Balaban J connectivity index is 1.84. The van der Waals surface area contributed by atoms with Crippen LogP contribution in [0.4, 0.5) is 0 Å². The van der Waals surface area contributed by atoms with Gasteiger partial charge in [-0.3, -0.25) is 0 Å². The van der Waals surface area contributed by atoms with E-state index in [-0.39, 0.29) is 19.3 Å². The predicted molar refractivity (Wildman–Crippen MR) is 78.2 cm³/mol. The fourth-order valence-corrected chi connectivity index (χ4v) is 2.20. The zero-order chi connectivity index (χ0) is 16.2. The second-order valence-corrected chi connectivity index (χ2v) is 5.61. The van der Waals surface area contributed by atoms with Gasteiger partial charge in [0.15, 0.2) is 12.1 Å². The zero-order valence-electron chi connectivity index (χ0n) is 13.0. The van der Waals surface area contributed by atoms with Crippen molar-refractivity contribution in [1.29, 1.82) is 0 Å². The summed E-state index contributed by atoms with van der Waals surface area (Å²) in [4.78, 5) is 11.9. The fraction of sp³-hybridized carbons (Fsp3) is 0.562. The lowest BCUT2D eigenvalue weighted by Crippen LogP contribution is -2.34. The maximum absolute atomic E-state index is 11.9. The van der Waals surface area contributed by atoms with E-state index < -0.39 is 24.2 Å². The molecule has 2 rings (SSSR count). The molecule has 0 aromatic heterocycles. The summed E-state index contributed by atoms with van der Waals surface area (Å²) in [6.45, 7) is 5.06. The molecule has 0 radical (unpaired) electrons. The van der Waals surface area contributed by atoms with Crippen LogP contribution in [0.15, 0.2) is 30.3 Å². The standard InChI is InChI=1S/C16H22O6/c1-11-15(22-16(2,3)21-11)20-13(9-17)10-19-14(18)12-7-5-4-6-8-12/h4-8,11,13,15,17H,9-10H2,1-3H3/t11-,13+,15-/m1/s1. The maximum Gasteiger partial charge on any atom is 0.338 e. The van der Waals surface area contributed by atoms with E-state index in [0.29, 0.717) is 5.56 Å². The molecule has 0 saturated carbocycles. The van der Waals surface area contributed by atoms with Gasteiger partial charge in [0, 0.05) is 0 Å². The molecule has 0 bridgehead atoms. The topological polar surface area (TPSA) is 74.2 Å². The van der Waals surface area contributed by atoms with E-state index in [2.05, 4.69) is 0 Å². The third kappa shape index (κ3) is 4.51. The molecule has 6 heteroatoms. The molecule has 1 aliphatic rings. The highest BCUT2D eigenvalue weighted by molar-refractivity contribution is 5.89. The van der Waals surface area contributed by atoms with Gasteiger partial charge in [0.25, 0.3) is 0 Å². The van der Waals surface area contributed by atoms with Crippen LogP contribution >= 0.6 is 0 Å². The highest BCUT2D eigenvalue weighted by Crippen LogP contribution is 2.29. The van der Waals surface area contributed by atoms with Crippen LogP contribution in [0.1, 0.15) is 31.1 Å². The summed E-state index contributed by atoms with van der Waals surface area (Å²) in [5.74, 6) is -1.19. The monoisotopic (exact) mass is 310 g/mol. The van der Waals surface area contributed by atoms with Crippen molar-refractivity contribution in [3.8, 4) is 0 Å². The molecule has 1 aromatic rings. The first-order valence-corrected chi connectivity index (χ1v) is 7.25. The molecule has 0 unspecified atom stereocenters. The van der Waals surface area contributed by atoms with Gasteiger partial charge in [-0.25, -0.2) is 4.79 Å². The Labute approximate surface area is 129 Å². The molecule has 1 N–H and O–H groups in total. The Bertz CT molecular complexity index is 487. The van der Waals surface area contributed by atoms with E-state index in [0.717, 1.165) is 0 Å². The predicted octanol–water partition coefficient (Wildman–Crippen LogP) is 1.72. The molecule has 1 aliphatic heterocycles. The second-order valence-electron chi connectivity index (χ2n) is 5.61. The fourth-order valence-electron chi connectivity index (χ4n) is 2.20. The number of benzene rings is 1. The summed E-state index contributed by atoms with van der Waals surface area (Å²) in [6.07, 6.45) is -1.55. The lowest BCUT2D eigenvalue weighted by molar-refractivity contribution is -0.213. The molecule has 3 atom stereocenters. The van der Waals surface area contributed by atoms with Crippen molar-refractivity contribution < 1.29 is 28.8 Å². The lowest BCUT2D eigenvalue weighted by Gasteiger charge is -2.22. The maximum atomic E-state index is 11.9. The average Bonchev–Trinajstić information content (AvgIpc) is 2.76. The normalized spacial score (nSPS) is 24.9. The van der Waals surface area contributed by atoms with Crippen molar-refractivity contribution >= 4 is 5.97 Å². The summed E-state index contributed by atoms with van der Waals surface area (Å²) < 4.78 is 21.9. The first-order chi connectivity index (χ1) is 10.4. The van der Waals surface area contributed by atoms with Crippen molar-refractivity contribution in [3.05, 3.63) is 35.9 Å². The van der Waals surface area contributed by atoms with Gasteiger partial charge in [-0.05, 0) is 32.9 Å². The third-order valence-electron chi connectivity index (χ3n) is 3.19. The van der Waals surface area contributed by atoms with Gasteiger partial charge in [0.1, 0.15) is 18.8 Å². The number of carbonyl (C=O) groups excluding carboxylic acids is 1. The van der Waals surface area contributed by atoms with Gasteiger partial charge in [0.2, 0.25) is 0 Å². The Kier molecular flexibility index (Phi) is 5.52. The number of ether oxygens (including phenoxy) is 4. The van der Waals surface area contributed by atoms with Gasteiger partial charge >= 0.3 is 5.97 Å². The average molecular weight is 310 g/mol. The van der Waals surface area contributed by atoms with Gasteiger partial charge in [0.05, 0.1) is 12.2 Å². The van der Waals surface area contributed by atoms with Crippen LogP contribution in [-0.2, 0) is 18.9 Å². The van der Waals surface area contributed by atoms with Crippen LogP contribution in [0.25, 0.3) is 0 Å². The van der Waals surface area contributed by atoms with Crippen LogP contribution < -0.4 is 0 Å². The van der Waals surface area contributed by atoms with Gasteiger partial charge in [-0.1, -0.05) is 18.2 Å².